The van der Waals surface area contributed by atoms with Gasteiger partial charge in [0.15, 0.2) is 0 Å². The lowest BCUT2D eigenvalue weighted by Gasteiger charge is -2.13. The molecule has 2 N–H and O–H groups in total. The topological polar surface area (TPSA) is 58.2 Å². The normalized spacial score (nSPS) is 15.9. The molecule has 1 aromatic carbocycles. The van der Waals surface area contributed by atoms with E-state index in [4.69, 9.17) is 0 Å². The standard InChI is InChI=1S/C18H22N2O2/c1-3-4-5-6-17(21)19-13(2)14-9-11-16(12-10-14)20-18(22)15-7-8-15/h3-6,9-13,15H,7-8H2,1-2H3,(H,19,21)(H,20,22)/b4-3+,6-5+/t13-/m0/s1. The van der Waals surface area contributed by atoms with Gasteiger partial charge in [-0.15, -0.1) is 0 Å². The molecule has 4 nitrogen and oxygen atoms in total. The molecular formula is C18H22N2O2. The van der Waals surface area contributed by atoms with Crippen LogP contribution in [0.3, 0.4) is 0 Å². The summed E-state index contributed by atoms with van der Waals surface area (Å²) >= 11 is 0. The Kier molecular flexibility index (Phi) is 5.53. The second-order valence-electron chi connectivity index (χ2n) is 5.50. The van der Waals surface area contributed by atoms with Gasteiger partial charge in [-0.3, -0.25) is 9.59 Å². The summed E-state index contributed by atoms with van der Waals surface area (Å²) in [5.74, 6) is 0.168. The first kappa shape index (κ1) is 16.0. The number of anilines is 1. The highest BCUT2D eigenvalue weighted by Crippen LogP contribution is 2.30. The molecule has 2 rings (SSSR count). The van der Waals surface area contributed by atoms with Crippen molar-refractivity contribution in [2.24, 2.45) is 5.92 Å². The Balaban J connectivity index is 1.88. The summed E-state index contributed by atoms with van der Waals surface area (Å²) < 4.78 is 0. The van der Waals surface area contributed by atoms with Crippen molar-refractivity contribution in [1.82, 2.24) is 5.32 Å². The van der Waals surface area contributed by atoms with Crippen molar-refractivity contribution in [3.63, 3.8) is 0 Å². The first-order valence-corrected chi connectivity index (χ1v) is 7.61. The molecule has 0 aliphatic heterocycles. The average molecular weight is 298 g/mol. The number of benzene rings is 1. The van der Waals surface area contributed by atoms with Crippen LogP contribution < -0.4 is 10.6 Å². The van der Waals surface area contributed by atoms with E-state index in [9.17, 15) is 9.59 Å². The summed E-state index contributed by atoms with van der Waals surface area (Å²) in [4.78, 5) is 23.4. The molecule has 0 bridgehead atoms. The average Bonchev–Trinajstić information content (AvgIpc) is 3.33. The zero-order valence-corrected chi connectivity index (χ0v) is 13.0. The minimum atomic E-state index is -0.128. The van der Waals surface area contributed by atoms with E-state index in [-0.39, 0.29) is 23.8 Å². The molecule has 1 atom stereocenters. The quantitative estimate of drug-likeness (QED) is 0.625. The zero-order chi connectivity index (χ0) is 15.9. The van der Waals surface area contributed by atoms with E-state index in [1.165, 1.54) is 6.08 Å². The second-order valence-corrected chi connectivity index (χ2v) is 5.50. The Morgan fingerprint density at radius 2 is 1.86 bits per heavy atom. The minimum Gasteiger partial charge on any atom is -0.346 e. The number of hydrogen-bond donors (Lipinski definition) is 2. The Hall–Kier alpha value is -2.36. The largest absolute Gasteiger partial charge is 0.346 e. The van der Waals surface area contributed by atoms with Crippen molar-refractivity contribution in [1.29, 1.82) is 0 Å². The predicted octanol–water partition coefficient (Wildman–Crippen LogP) is 3.34. The van der Waals surface area contributed by atoms with Gasteiger partial charge in [-0.25, -0.2) is 0 Å². The van der Waals surface area contributed by atoms with Gasteiger partial charge in [0.1, 0.15) is 0 Å². The third-order valence-electron chi connectivity index (χ3n) is 3.54. The van der Waals surface area contributed by atoms with Gasteiger partial charge in [-0.05, 0) is 44.4 Å². The number of amides is 2. The lowest BCUT2D eigenvalue weighted by atomic mass is 10.1. The lowest BCUT2D eigenvalue weighted by molar-refractivity contribution is -0.118. The molecule has 0 saturated heterocycles. The maximum Gasteiger partial charge on any atom is 0.244 e. The van der Waals surface area contributed by atoms with Crippen LogP contribution in [0.15, 0.2) is 48.6 Å². The summed E-state index contributed by atoms with van der Waals surface area (Å²) in [6, 6.07) is 7.49. The number of carbonyl (C=O) groups excluding carboxylic acids is 2. The molecule has 2 amide bonds. The summed E-state index contributed by atoms with van der Waals surface area (Å²) in [5, 5.41) is 5.80. The molecule has 22 heavy (non-hydrogen) atoms. The maximum atomic E-state index is 11.7. The van der Waals surface area contributed by atoms with E-state index < -0.39 is 0 Å². The Morgan fingerprint density at radius 3 is 2.45 bits per heavy atom. The van der Waals surface area contributed by atoms with Gasteiger partial charge in [0.2, 0.25) is 11.8 Å². The summed E-state index contributed by atoms with van der Waals surface area (Å²) in [6.45, 7) is 3.83. The van der Waals surface area contributed by atoms with E-state index in [0.29, 0.717) is 0 Å². The first-order valence-electron chi connectivity index (χ1n) is 7.61. The molecule has 4 heteroatoms. The number of carbonyl (C=O) groups is 2. The van der Waals surface area contributed by atoms with Gasteiger partial charge < -0.3 is 10.6 Å². The highest BCUT2D eigenvalue weighted by molar-refractivity contribution is 5.94. The van der Waals surface area contributed by atoms with E-state index in [0.717, 1.165) is 24.1 Å². The third-order valence-corrected chi connectivity index (χ3v) is 3.54. The number of nitrogens with one attached hydrogen (secondary N) is 2. The van der Waals surface area contributed by atoms with Crippen LogP contribution in [0.5, 0.6) is 0 Å². The highest BCUT2D eigenvalue weighted by Gasteiger charge is 2.29. The zero-order valence-electron chi connectivity index (χ0n) is 13.0. The molecule has 0 heterocycles. The Labute approximate surface area is 131 Å². The minimum absolute atomic E-state index is 0.0871. The van der Waals surface area contributed by atoms with Gasteiger partial charge in [-0.2, -0.15) is 0 Å². The fraction of sp³-hybridized carbons (Fsp3) is 0.333. The fourth-order valence-electron chi connectivity index (χ4n) is 2.04. The first-order chi connectivity index (χ1) is 10.6. The van der Waals surface area contributed by atoms with Crippen molar-refractivity contribution >= 4 is 17.5 Å². The van der Waals surface area contributed by atoms with Gasteiger partial charge in [0.05, 0.1) is 6.04 Å². The van der Waals surface area contributed by atoms with Crippen LogP contribution >= 0.6 is 0 Å². The van der Waals surface area contributed by atoms with Crippen LogP contribution in [0, 0.1) is 5.92 Å². The molecule has 0 spiro atoms. The molecule has 1 fully saturated rings. The van der Waals surface area contributed by atoms with E-state index >= 15 is 0 Å². The van der Waals surface area contributed by atoms with Gasteiger partial charge in [0.25, 0.3) is 0 Å². The summed E-state index contributed by atoms with van der Waals surface area (Å²) in [5.41, 5.74) is 1.80. The number of rotatable bonds is 6. The monoisotopic (exact) mass is 298 g/mol. The van der Waals surface area contributed by atoms with Crippen LogP contribution in [0.1, 0.15) is 38.3 Å². The Morgan fingerprint density at radius 1 is 1.18 bits per heavy atom. The molecular weight excluding hydrogens is 276 g/mol. The van der Waals surface area contributed by atoms with Gasteiger partial charge >= 0.3 is 0 Å². The smallest absolute Gasteiger partial charge is 0.244 e. The molecule has 1 saturated carbocycles. The third kappa shape index (κ3) is 4.88. The van der Waals surface area contributed by atoms with Crippen LogP contribution in [-0.2, 0) is 9.59 Å². The summed E-state index contributed by atoms with van der Waals surface area (Å²) in [7, 11) is 0. The van der Waals surface area contributed by atoms with Crippen LogP contribution in [0.25, 0.3) is 0 Å². The van der Waals surface area contributed by atoms with Gasteiger partial charge in [-0.1, -0.05) is 30.4 Å². The van der Waals surface area contributed by atoms with Gasteiger partial charge in [0, 0.05) is 17.7 Å². The SMILES string of the molecule is C/C=C/C=C/C(=O)N[C@@H](C)c1ccc(NC(=O)C2CC2)cc1. The molecule has 1 aliphatic rings. The fourth-order valence-corrected chi connectivity index (χ4v) is 2.04. The molecule has 1 aliphatic carbocycles. The van der Waals surface area contributed by atoms with Crippen molar-refractivity contribution in [2.75, 3.05) is 5.32 Å². The van der Waals surface area contributed by atoms with E-state index in [2.05, 4.69) is 10.6 Å². The van der Waals surface area contributed by atoms with E-state index in [1.807, 2.05) is 50.3 Å². The lowest BCUT2D eigenvalue weighted by Crippen LogP contribution is -2.24. The highest BCUT2D eigenvalue weighted by atomic mass is 16.2. The second kappa shape index (κ2) is 7.59. The van der Waals surface area contributed by atoms with Crippen molar-refractivity contribution in [3.8, 4) is 0 Å². The van der Waals surface area contributed by atoms with Crippen molar-refractivity contribution < 1.29 is 9.59 Å². The molecule has 0 unspecified atom stereocenters. The van der Waals surface area contributed by atoms with Crippen LogP contribution in [-0.4, -0.2) is 11.8 Å². The van der Waals surface area contributed by atoms with Crippen molar-refractivity contribution in [3.05, 3.63) is 54.1 Å². The molecule has 0 radical (unpaired) electrons. The maximum absolute atomic E-state index is 11.7. The number of allylic oxidation sites excluding steroid dienone is 3. The van der Waals surface area contributed by atoms with Crippen LogP contribution in [0.2, 0.25) is 0 Å². The summed E-state index contributed by atoms with van der Waals surface area (Å²) in [6.07, 6.45) is 8.87. The predicted molar refractivity (Wildman–Crippen MR) is 88.3 cm³/mol. The van der Waals surface area contributed by atoms with Crippen molar-refractivity contribution in [2.45, 2.75) is 32.7 Å². The van der Waals surface area contributed by atoms with E-state index in [1.54, 1.807) is 6.08 Å². The van der Waals surface area contributed by atoms with Crippen LogP contribution in [0.4, 0.5) is 5.69 Å². The number of hydrogen-bond acceptors (Lipinski definition) is 2. The molecule has 0 aromatic heterocycles. The molecule has 116 valence electrons. The molecule has 1 aromatic rings. The Bertz CT molecular complexity index is 584.